The van der Waals surface area contributed by atoms with Gasteiger partial charge in [-0.15, -0.1) is 0 Å². The molecule has 0 heterocycles. The molecule has 1 aromatic rings. The second kappa shape index (κ2) is 7.96. The Labute approximate surface area is 124 Å². The molecule has 8 heteroatoms. The molecule has 0 spiro atoms. The van der Waals surface area contributed by atoms with E-state index in [1.165, 1.54) is 12.1 Å². The summed E-state index contributed by atoms with van der Waals surface area (Å²) in [4.78, 5) is 11.8. The highest BCUT2D eigenvalue weighted by Crippen LogP contribution is 2.10. The molecule has 21 heavy (non-hydrogen) atoms. The lowest BCUT2D eigenvalue weighted by Crippen LogP contribution is -2.42. The average molecular weight is 315 g/mol. The number of nitrogens with one attached hydrogen (secondary N) is 2. The van der Waals surface area contributed by atoms with Crippen molar-refractivity contribution in [2.75, 3.05) is 19.3 Å². The molecule has 1 aromatic carbocycles. The molecule has 7 nitrogen and oxygen atoms in total. The van der Waals surface area contributed by atoms with Crippen molar-refractivity contribution in [3.8, 4) is 5.75 Å². The van der Waals surface area contributed by atoms with Crippen LogP contribution >= 0.6 is 0 Å². The summed E-state index contributed by atoms with van der Waals surface area (Å²) in [5, 5.41) is 11.8. The van der Waals surface area contributed by atoms with Gasteiger partial charge in [-0.25, -0.2) is 13.1 Å². The highest BCUT2D eigenvalue weighted by Gasteiger charge is 2.13. The van der Waals surface area contributed by atoms with Crippen molar-refractivity contribution in [2.24, 2.45) is 5.73 Å². The lowest BCUT2D eigenvalue weighted by Gasteiger charge is -2.12. The van der Waals surface area contributed by atoms with E-state index in [0.717, 1.165) is 11.8 Å². The summed E-state index contributed by atoms with van der Waals surface area (Å²) in [6.07, 6.45) is 1.94. The molecule has 0 aromatic heterocycles. The Hall–Kier alpha value is -1.64. The fraction of sp³-hybridized carbons (Fsp3) is 0.462. The van der Waals surface area contributed by atoms with Crippen LogP contribution in [0.1, 0.15) is 12.0 Å². The van der Waals surface area contributed by atoms with Crippen molar-refractivity contribution in [1.29, 1.82) is 0 Å². The van der Waals surface area contributed by atoms with E-state index in [1.54, 1.807) is 12.1 Å². The third kappa shape index (κ3) is 7.64. The van der Waals surface area contributed by atoms with E-state index < -0.39 is 16.1 Å². The molecule has 0 saturated carbocycles. The van der Waals surface area contributed by atoms with Gasteiger partial charge in [-0.05, 0) is 30.5 Å². The average Bonchev–Trinajstić information content (AvgIpc) is 2.39. The van der Waals surface area contributed by atoms with Crippen LogP contribution < -0.4 is 15.8 Å². The van der Waals surface area contributed by atoms with Gasteiger partial charge in [-0.1, -0.05) is 12.1 Å². The van der Waals surface area contributed by atoms with Crippen LogP contribution in [-0.4, -0.2) is 44.8 Å². The van der Waals surface area contributed by atoms with E-state index >= 15 is 0 Å². The highest BCUT2D eigenvalue weighted by molar-refractivity contribution is 7.88. The lowest BCUT2D eigenvalue weighted by molar-refractivity contribution is -0.122. The third-order valence-corrected chi connectivity index (χ3v) is 3.47. The molecule has 1 atom stereocenters. The monoisotopic (exact) mass is 315 g/mol. The Bertz CT molecular complexity index is 557. The quantitative estimate of drug-likeness (QED) is 0.473. The van der Waals surface area contributed by atoms with Crippen molar-refractivity contribution in [3.63, 3.8) is 0 Å². The summed E-state index contributed by atoms with van der Waals surface area (Å²) in [6.45, 7) is 0.622. The van der Waals surface area contributed by atoms with Crippen LogP contribution in [-0.2, 0) is 21.2 Å². The number of hydrogen-bond acceptors (Lipinski definition) is 5. The van der Waals surface area contributed by atoms with E-state index in [4.69, 9.17) is 10.8 Å². The summed E-state index contributed by atoms with van der Waals surface area (Å²) in [5.74, 6) is -0.127. The normalized spacial score (nSPS) is 12.9. The molecular weight excluding hydrogens is 294 g/mol. The molecular formula is C13H21N3O4S. The molecule has 5 N–H and O–H groups in total. The first-order chi connectivity index (χ1) is 9.78. The molecule has 0 aliphatic carbocycles. The number of nitrogens with two attached hydrogens (primary N) is 1. The highest BCUT2D eigenvalue weighted by atomic mass is 32.2. The minimum atomic E-state index is -3.19. The SMILES string of the molecule is CS(=O)(=O)NCCCNC(=O)C(N)Cc1ccc(O)cc1. The number of carbonyl (C=O) groups excluding carboxylic acids is 1. The van der Waals surface area contributed by atoms with Gasteiger partial charge in [0.1, 0.15) is 5.75 Å². The van der Waals surface area contributed by atoms with Gasteiger partial charge in [0.25, 0.3) is 0 Å². The fourth-order valence-electron chi connectivity index (χ4n) is 1.67. The second-order valence-corrected chi connectivity index (χ2v) is 6.62. The van der Waals surface area contributed by atoms with Crippen molar-refractivity contribution in [3.05, 3.63) is 29.8 Å². The molecule has 0 aliphatic rings. The van der Waals surface area contributed by atoms with Gasteiger partial charge >= 0.3 is 0 Å². The largest absolute Gasteiger partial charge is 0.508 e. The minimum absolute atomic E-state index is 0.162. The number of aromatic hydroxyl groups is 1. The summed E-state index contributed by atoms with van der Waals surface area (Å²) < 4.78 is 24.0. The molecule has 0 fully saturated rings. The maximum atomic E-state index is 11.8. The lowest BCUT2D eigenvalue weighted by atomic mass is 10.1. The Balaban J connectivity index is 2.26. The van der Waals surface area contributed by atoms with Crippen LogP contribution in [0.15, 0.2) is 24.3 Å². The van der Waals surface area contributed by atoms with Gasteiger partial charge in [-0.2, -0.15) is 0 Å². The number of phenolic OH excluding ortho intramolecular Hbond substituents is 1. The van der Waals surface area contributed by atoms with Gasteiger partial charge in [0, 0.05) is 13.1 Å². The first-order valence-corrected chi connectivity index (χ1v) is 8.43. The minimum Gasteiger partial charge on any atom is -0.508 e. The molecule has 0 bridgehead atoms. The topological polar surface area (TPSA) is 122 Å². The Kier molecular flexibility index (Phi) is 6.60. The smallest absolute Gasteiger partial charge is 0.237 e. The van der Waals surface area contributed by atoms with E-state index in [1.807, 2.05) is 0 Å². The van der Waals surface area contributed by atoms with Crippen LogP contribution in [0, 0.1) is 0 Å². The van der Waals surface area contributed by atoms with E-state index in [2.05, 4.69) is 10.0 Å². The Morgan fingerprint density at radius 2 is 1.90 bits per heavy atom. The summed E-state index contributed by atoms with van der Waals surface area (Å²) in [5.41, 5.74) is 6.64. The molecule has 0 radical (unpaired) electrons. The molecule has 118 valence electrons. The standard InChI is InChI=1S/C13H21N3O4S/c1-21(19,20)16-8-2-7-15-13(18)12(14)9-10-3-5-11(17)6-4-10/h3-6,12,16-17H,2,7-9,14H2,1H3,(H,15,18). The first kappa shape index (κ1) is 17.4. The third-order valence-electron chi connectivity index (χ3n) is 2.75. The van der Waals surface area contributed by atoms with Gasteiger partial charge < -0.3 is 16.2 Å². The van der Waals surface area contributed by atoms with Crippen molar-refractivity contribution >= 4 is 15.9 Å². The molecule has 1 amide bonds. The fourth-order valence-corrected chi connectivity index (χ4v) is 2.18. The Morgan fingerprint density at radius 1 is 1.29 bits per heavy atom. The van der Waals surface area contributed by atoms with Crippen molar-refractivity contribution in [2.45, 2.75) is 18.9 Å². The van der Waals surface area contributed by atoms with Crippen LogP contribution in [0.3, 0.4) is 0 Å². The van der Waals surface area contributed by atoms with Crippen LogP contribution in [0.25, 0.3) is 0 Å². The number of phenols is 1. The van der Waals surface area contributed by atoms with E-state index in [0.29, 0.717) is 19.4 Å². The van der Waals surface area contributed by atoms with Gasteiger partial charge in [0.2, 0.25) is 15.9 Å². The molecule has 1 unspecified atom stereocenters. The summed E-state index contributed by atoms with van der Waals surface area (Å²) >= 11 is 0. The van der Waals surface area contributed by atoms with Crippen LogP contribution in [0.4, 0.5) is 0 Å². The predicted octanol–water partition coefficient (Wildman–Crippen LogP) is -0.682. The Morgan fingerprint density at radius 3 is 2.48 bits per heavy atom. The number of carbonyl (C=O) groups is 1. The van der Waals surface area contributed by atoms with Crippen LogP contribution in [0.2, 0.25) is 0 Å². The van der Waals surface area contributed by atoms with Gasteiger partial charge in [0.15, 0.2) is 0 Å². The summed E-state index contributed by atoms with van der Waals surface area (Å²) in [6, 6.07) is 5.81. The predicted molar refractivity (Wildman–Crippen MR) is 80.3 cm³/mol. The van der Waals surface area contributed by atoms with E-state index in [-0.39, 0.29) is 18.2 Å². The van der Waals surface area contributed by atoms with Gasteiger partial charge in [0.05, 0.1) is 12.3 Å². The first-order valence-electron chi connectivity index (χ1n) is 6.54. The zero-order valence-corrected chi connectivity index (χ0v) is 12.7. The van der Waals surface area contributed by atoms with Crippen molar-refractivity contribution < 1.29 is 18.3 Å². The molecule has 0 saturated heterocycles. The van der Waals surface area contributed by atoms with Gasteiger partial charge in [-0.3, -0.25) is 4.79 Å². The number of amides is 1. The summed E-state index contributed by atoms with van der Waals surface area (Å²) in [7, 11) is -3.19. The second-order valence-electron chi connectivity index (χ2n) is 4.79. The molecule has 0 aliphatic heterocycles. The zero-order chi connectivity index (χ0) is 15.9. The van der Waals surface area contributed by atoms with Crippen LogP contribution in [0.5, 0.6) is 5.75 Å². The maximum Gasteiger partial charge on any atom is 0.237 e. The van der Waals surface area contributed by atoms with E-state index in [9.17, 15) is 13.2 Å². The zero-order valence-electron chi connectivity index (χ0n) is 11.9. The number of rotatable bonds is 8. The number of hydrogen-bond donors (Lipinski definition) is 4. The number of benzene rings is 1. The van der Waals surface area contributed by atoms with Crippen molar-refractivity contribution in [1.82, 2.24) is 10.0 Å². The molecule has 1 rings (SSSR count). The number of sulfonamides is 1. The maximum absolute atomic E-state index is 11.8.